The van der Waals surface area contributed by atoms with Crippen LogP contribution in [0.5, 0.6) is 5.75 Å². The van der Waals surface area contributed by atoms with Crippen LogP contribution in [0.1, 0.15) is 29.7 Å². The Bertz CT molecular complexity index is 851. The maximum Gasteiger partial charge on any atom is 0.219 e. The van der Waals surface area contributed by atoms with Gasteiger partial charge in [0.25, 0.3) is 0 Å². The van der Waals surface area contributed by atoms with E-state index in [9.17, 15) is 4.79 Å². The van der Waals surface area contributed by atoms with Gasteiger partial charge in [-0.05, 0) is 41.7 Å². The Balaban J connectivity index is 1.46. The minimum atomic E-state index is 0.0254. The molecule has 154 valence electrons. The lowest BCUT2D eigenvalue weighted by Crippen LogP contribution is -2.34. The highest BCUT2D eigenvalue weighted by molar-refractivity contribution is 5.74. The summed E-state index contributed by atoms with van der Waals surface area (Å²) >= 11 is 0. The Hall–Kier alpha value is -2.37. The number of aryl methyl sites for hydroxylation is 1. The zero-order valence-corrected chi connectivity index (χ0v) is 17.3. The zero-order valence-electron chi connectivity index (χ0n) is 17.3. The molecule has 1 N–H and O–H groups in total. The molecular weight excluding hydrogens is 364 g/mol. The van der Waals surface area contributed by atoms with E-state index in [0.717, 1.165) is 31.9 Å². The average molecular weight is 395 g/mol. The van der Waals surface area contributed by atoms with E-state index >= 15 is 0 Å². The van der Waals surface area contributed by atoms with Gasteiger partial charge in [-0.25, -0.2) is 0 Å². The summed E-state index contributed by atoms with van der Waals surface area (Å²) in [6.45, 7) is 7.99. The fourth-order valence-corrected chi connectivity index (χ4v) is 5.02. The van der Waals surface area contributed by atoms with Crippen LogP contribution in [0.3, 0.4) is 0 Å². The van der Waals surface area contributed by atoms with Crippen LogP contribution in [-0.4, -0.2) is 53.7 Å². The molecule has 5 nitrogen and oxygen atoms in total. The molecule has 0 spiro atoms. The van der Waals surface area contributed by atoms with Crippen molar-refractivity contribution in [2.45, 2.75) is 26.4 Å². The van der Waals surface area contributed by atoms with E-state index in [1.54, 1.807) is 6.92 Å². The van der Waals surface area contributed by atoms with Crippen molar-refractivity contribution in [3.05, 3.63) is 65.2 Å². The van der Waals surface area contributed by atoms with Crippen molar-refractivity contribution in [3.8, 4) is 5.75 Å². The first kappa shape index (κ1) is 19.9. The number of aliphatic hydroxyl groups excluding tert-OH is 1. The van der Waals surface area contributed by atoms with E-state index in [4.69, 9.17) is 9.84 Å². The van der Waals surface area contributed by atoms with Crippen LogP contribution in [0.25, 0.3) is 0 Å². The third-order valence-electron chi connectivity index (χ3n) is 6.34. The van der Waals surface area contributed by atoms with Gasteiger partial charge in [0.2, 0.25) is 5.91 Å². The molecule has 2 aliphatic heterocycles. The summed E-state index contributed by atoms with van der Waals surface area (Å²) in [5.74, 6) is 1.97. The Morgan fingerprint density at radius 3 is 2.55 bits per heavy atom. The van der Waals surface area contributed by atoms with Gasteiger partial charge in [-0.2, -0.15) is 0 Å². The maximum absolute atomic E-state index is 12.3. The van der Waals surface area contributed by atoms with Gasteiger partial charge >= 0.3 is 0 Å². The van der Waals surface area contributed by atoms with Crippen LogP contribution >= 0.6 is 0 Å². The monoisotopic (exact) mass is 394 g/mol. The summed E-state index contributed by atoms with van der Waals surface area (Å²) in [6.07, 6.45) is 0. The molecule has 29 heavy (non-hydrogen) atoms. The van der Waals surface area contributed by atoms with Gasteiger partial charge in [-0.15, -0.1) is 0 Å². The van der Waals surface area contributed by atoms with Gasteiger partial charge in [0, 0.05) is 39.0 Å². The van der Waals surface area contributed by atoms with Gasteiger partial charge in [-0.3, -0.25) is 9.69 Å². The Kier molecular flexibility index (Phi) is 5.88. The number of aliphatic hydroxyl groups is 1. The minimum absolute atomic E-state index is 0.0254. The molecule has 0 aromatic heterocycles. The molecule has 0 unspecified atom stereocenters. The fourth-order valence-electron chi connectivity index (χ4n) is 5.02. The first-order valence-electron chi connectivity index (χ1n) is 10.4. The SMILES string of the molecule is CC(=O)N1C[C@H]2CN(Cc3ccc(OCCO)cc3)C[C@H]2[C@@H]1c1ccccc1C. The molecule has 0 saturated carbocycles. The Labute approximate surface area is 172 Å². The zero-order chi connectivity index (χ0) is 20.4. The highest BCUT2D eigenvalue weighted by Gasteiger charge is 2.48. The van der Waals surface area contributed by atoms with E-state index in [1.165, 1.54) is 16.7 Å². The molecule has 0 bridgehead atoms. The van der Waals surface area contributed by atoms with Crippen LogP contribution < -0.4 is 4.74 Å². The summed E-state index contributed by atoms with van der Waals surface area (Å²) in [5.41, 5.74) is 3.82. The normalized spacial score (nSPS) is 24.0. The van der Waals surface area contributed by atoms with Gasteiger partial charge in [-0.1, -0.05) is 36.4 Å². The van der Waals surface area contributed by atoms with Crippen LogP contribution in [-0.2, 0) is 11.3 Å². The van der Waals surface area contributed by atoms with Crippen molar-refractivity contribution in [1.82, 2.24) is 9.80 Å². The number of fused-ring (bicyclic) bond motifs is 1. The van der Waals surface area contributed by atoms with Crippen molar-refractivity contribution in [1.29, 1.82) is 0 Å². The number of rotatable bonds is 6. The summed E-state index contributed by atoms with van der Waals surface area (Å²) < 4.78 is 5.45. The quantitative estimate of drug-likeness (QED) is 0.818. The molecule has 0 radical (unpaired) electrons. The predicted molar refractivity (Wildman–Crippen MR) is 113 cm³/mol. The molecule has 2 aromatic rings. The summed E-state index contributed by atoms with van der Waals surface area (Å²) in [7, 11) is 0. The number of amides is 1. The summed E-state index contributed by atoms with van der Waals surface area (Å²) in [6, 6.07) is 16.8. The third-order valence-corrected chi connectivity index (χ3v) is 6.34. The second kappa shape index (κ2) is 8.56. The first-order valence-corrected chi connectivity index (χ1v) is 10.4. The molecule has 2 saturated heterocycles. The lowest BCUT2D eigenvalue weighted by molar-refractivity contribution is -0.130. The molecule has 5 heteroatoms. The van der Waals surface area contributed by atoms with Crippen LogP contribution in [0.15, 0.2) is 48.5 Å². The first-order chi connectivity index (χ1) is 14.1. The highest BCUT2D eigenvalue weighted by atomic mass is 16.5. The number of likely N-dealkylation sites (tertiary alicyclic amines) is 2. The van der Waals surface area contributed by atoms with Crippen molar-refractivity contribution in [2.75, 3.05) is 32.8 Å². The minimum Gasteiger partial charge on any atom is -0.491 e. The number of benzene rings is 2. The van der Waals surface area contributed by atoms with E-state index < -0.39 is 0 Å². The molecule has 3 atom stereocenters. The number of nitrogens with zero attached hydrogens (tertiary/aromatic N) is 2. The van der Waals surface area contributed by atoms with Crippen molar-refractivity contribution in [3.63, 3.8) is 0 Å². The number of hydrogen-bond donors (Lipinski definition) is 1. The standard InChI is InChI=1S/C24H30N2O3/c1-17-5-3-4-6-22(17)24-23-16-25(14-20(23)15-26(24)18(2)28)13-19-7-9-21(10-8-19)29-12-11-27/h3-10,20,23-24,27H,11-16H2,1-2H3/t20-,23-,24+/m1/s1. The lowest BCUT2D eigenvalue weighted by Gasteiger charge is -2.30. The summed E-state index contributed by atoms with van der Waals surface area (Å²) in [4.78, 5) is 16.9. The van der Waals surface area contributed by atoms with Gasteiger partial charge < -0.3 is 14.7 Å². The molecule has 4 rings (SSSR count). The van der Waals surface area contributed by atoms with Gasteiger partial charge in [0.1, 0.15) is 12.4 Å². The molecule has 2 aliphatic rings. The molecular formula is C24H30N2O3. The van der Waals surface area contributed by atoms with Crippen molar-refractivity contribution >= 4 is 5.91 Å². The van der Waals surface area contributed by atoms with Crippen molar-refractivity contribution < 1.29 is 14.6 Å². The van der Waals surface area contributed by atoms with Gasteiger partial charge in [0.15, 0.2) is 0 Å². The average Bonchev–Trinajstić information content (AvgIpc) is 3.25. The maximum atomic E-state index is 12.3. The van der Waals surface area contributed by atoms with Gasteiger partial charge in [0.05, 0.1) is 12.6 Å². The number of ether oxygens (including phenoxy) is 1. The van der Waals surface area contributed by atoms with E-state index in [-0.39, 0.29) is 18.6 Å². The molecule has 2 aromatic carbocycles. The molecule has 2 heterocycles. The summed E-state index contributed by atoms with van der Waals surface area (Å²) in [5, 5.41) is 8.87. The highest BCUT2D eigenvalue weighted by Crippen LogP contribution is 2.46. The second-order valence-corrected chi connectivity index (χ2v) is 8.31. The largest absolute Gasteiger partial charge is 0.491 e. The predicted octanol–water partition coefficient (Wildman–Crippen LogP) is 3.02. The van der Waals surface area contributed by atoms with Crippen LogP contribution in [0.4, 0.5) is 0 Å². The number of carbonyl (C=O) groups excluding carboxylic acids is 1. The molecule has 0 aliphatic carbocycles. The van der Waals surface area contributed by atoms with E-state index in [2.05, 4.69) is 53.1 Å². The molecule has 1 amide bonds. The van der Waals surface area contributed by atoms with Crippen LogP contribution in [0, 0.1) is 18.8 Å². The van der Waals surface area contributed by atoms with E-state index in [1.807, 2.05) is 12.1 Å². The smallest absolute Gasteiger partial charge is 0.219 e. The number of carbonyl (C=O) groups is 1. The molecule has 2 fully saturated rings. The fraction of sp³-hybridized carbons (Fsp3) is 0.458. The van der Waals surface area contributed by atoms with Crippen LogP contribution in [0.2, 0.25) is 0 Å². The van der Waals surface area contributed by atoms with E-state index in [0.29, 0.717) is 18.4 Å². The second-order valence-electron chi connectivity index (χ2n) is 8.31. The van der Waals surface area contributed by atoms with Crippen molar-refractivity contribution in [2.24, 2.45) is 11.8 Å². The Morgan fingerprint density at radius 1 is 1.10 bits per heavy atom. The topological polar surface area (TPSA) is 53.0 Å². The third kappa shape index (κ3) is 4.16. The number of hydrogen-bond acceptors (Lipinski definition) is 4. The lowest BCUT2D eigenvalue weighted by atomic mass is 9.87. The Morgan fingerprint density at radius 2 is 1.86 bits per heavy atom.